The molecule has 4 aromatic rings. The second-order valence-electron chi connectivity index (χ2n) is 6.48. The van der Waals surface area contributed by atoms with E-state index in [2.05, 4.69) is 36.5 Å². The lowest BCUT2D eigenvalue weighted by atomic mass is 10.1. The number of nitrogens with zero attached hydrogens (tertiary/aromatic N) is 4. The number of aromatic nitrogens is 4. The van der Waals surface area contributed by atoms with Crippen molar-refractivity contribution in [2.24, 2.45) is 0 Å². The molecule has 2 aromatic heterocycles. The Labute approximate surface area is 185 Å². The van der Waals surface area contributed by atoms with Crippen molar-refractivity contribution < 1.29 is 9.53 Å². The molecule has 0 saturated carbocycles. The first-order valence-corrected chi connectivity index (χ1v) is 10.7. The molecule has 0 fully saturated rings. The van der Waals surface area contributed by atoms with E-state index >= 15 is 0 Å². The van der Waals surface area contributed by atoms with Gasteiger partial charge >= 0.3 is 0 Å². The van der Waals surface area contributed by atoms with Crippen molar-refractivity contribution in [3.8, 4) is 16.3 Å². The van der Waals surface area contributed by atoms with Crippen molar-refractivity contribution in [3.63, 3.8) is 0 Å². The Morgan fingerprint density at radius 2 is 2.03 bits per heavy atom. The van der Waals surface area contributed by atoms with Crippen molar-refractivity contribution >= 4 is 44.2 Å². The molecule has 0 unspecified atom stereocenters. The van der Waals surface area contributed by atoms with E-state index in [0.717, 1.165) is 37.0 Å². The smallest absolute Gasteiger partial charge is 0.244 e. The Balaban J connectivity index is 1.38. The molecule has 2 heterocycles. The van der Waals surface area contributed by atoms with Gasteiger partial charge in [-0.05, 0) is 36.8 Å². The monoisotopic (exact) mass is 483 g/mol. The van der Waals surface area contributed by atoms with E-state index in [1.807, 2.05) is 49.4 Å². The first kappa shape index (κ1) is 20.2. The zero-order valence-corrected chi connectivity index (χ0v) is 18.7. The van der Waals surface area contributed by atoms with Gasteiger partial charge in [0.15, 0.2) is 5.82 Å². The van der Waals surface area contributed by atoms with Crippen LogP contribution in [0.4, 0.5) is 0 Å². The average molecular weight is 484 g/mol. The number of amides is 1. The highest BCUT2D eigenvalue weighted by molar-refractivity contribution is 9.10. The zero-order chi connectivity index (χ0) is 21.1. The third-order valence-electron chi connectivity index (χ3n) is 4.42. The molecule has 0 aliphatic rings. The van der Waals surface area contributed by atoms with E-state index in [9.17, 15) is 4.79 Å². The summed E-state index contributed by atoms with van der Waals surface area (Å²) in [5.74, 6) is 1.30. The molecule has 0 atom stereocenters. The van der Waals surface area contributed by atoms with Gasteiger partial charge in [-0.25, -0.2) is 0 Å². The molecule has 0 radical (unpaired) electrons. The maximum Gasteiger partial charge on any atom is 0.244 e. The maximum atomic E-state index is 12.2. The maximum absolute atomic E-state index is 12.2. The molecule has 2 aromatic carbocycles. The van der Waals surface area contributed by atoms with Gasteiger partial charge in [-0.1, -0.05) is 51.5 Å². The van der Waals surface area contributed by atoms with Gasteiger partial charge in [0.1, 0.15) is 10.8 Å². The van der Waals surface area contributed by atoms with Crippen LogP contribution < -0.4 is 10.1 Å². The minimum atomic E-state index is -0.176. The Kier molecular flexibility index (Phi) is 5.91. The Hall–Kier alpha value is -3.04. The number of hydrogen-bond acceptors (Lipinski definition) is 6. The van der Waals surface area contributed by atoms with Gasteiger partial charge < -0.3 is 10.1 Å². The van der Waals surface area contributed by atoms with Crippen molar-refractivity contribution in [2.75, 3.05) is 7.11 Å². The van der Waals surface area contributed by atoms with Crippen molar-refractivity contribution in [1.29, 1.82) is 0 Å². The first-order valence-electron chi connectivity index (χ1n) is 9.11. The van der Waals surface area contributed by atoms with Gasteiger partial charge in [0.05, 0.1) is 7.11 Å². The van der Waals surface area contributed by atoms with Crippen LogP contribution in [0.5, 0.6) is 5.75 Å². The van der Waals surface area contributed by atoms with Crippen LogP contribution in [0.15, 0.2) is 53.0 Å². The fourth-order valence-corrected chi connectivity index (χ4v) is 4.11. The summed E-state index contributed by atoms with van der Waals surface area (Å²) in [7, 11) is 1.60. The standard InChI is InChI=1S/C21H18BrN5O2S/c1-13-24-25-21-27(13)26-20(30-21)15-5-3-14(4-6-15)12-23-19(28)10-7-16-11-17(22)8-9-18(16)29-2/h3-11H,12H2,1-2H3,(H,23,28). The molecule has 1 N–H and O–H groups in total. The topological polar surface area (TPSA) is 81.4 Å². The van der Waals surface area contributed by atoms with Gasteiger partial charge in [-0.3, -0.25) is 4.79 Å². The number of fused-ring (bicyclic) bond motifs is 1. The largest absolute Gasteiger partial charge is 0.496 e. The minimum absolute atomic E-state index is 0.176. The van der Waals surface area contributed by atoms with Crippen molar-refractivity contribution in [3.05, 3.63) is 70.0 Å². The van der Waals surface area contributed by atoms with E-state index in [4.69, 9.17) is 4.74 Å². The minimum Gasteiger partial charge on any atom is -0.496 e. The van der Waals surface area contributed by atoms with Crippen LogP contribution >= 0.6 is 27.3 Å². The first-order chi connectivity index (χ1) is 14.5. The van der Waals surface area contributed by atoms with Gasteiger partial charge in [-0.2, -0.15) is 9.61 Å². The summed E-state index contributed by atoms with van der Waals surface area (Å²) in [6.07, 6.45) is 3.23. The summed E-state index contributed by atoms with van der Waals surface area (Å²) >= 11 is 4.92. The van der Waals surface area contributed by atoms with Crippen molar-refractivity contribution in [2.45, 2.75) is 13.5 Å². The molecular formula is C21H18BrN5O2S. The molecule has 4 rings (SSSR count). The molecule has 0 aliphatic heterocycles. The summed E-state index contributed by atoms with van der Waals surface area (Å²) in [5.41, 5.74) is 2.83. The molecule has 0 aliphatic carbocycles. The summed E-state index contributed by atoms with van der Waals surface area (Å²) in [5, 5.41) is 16.4. The average Bonchev–Trinajstić information content (AvgIpc) is 3.33. The molecule has 9 heteroatoms. The lowest BCUT2D eigenvalue weighted by molar-refractivity contribution is -0.116. The Morgan fingerprint density at radius 1 is 1.23 bits per heavy atom. The number of aryl methyl sites for hydroxylation is 1. The number of halogens is 1. The van der Waals surface area contributed by atoms with E-state index in [1.165, 1.54) is 17.4 Å². The molecule has 0 saturated heterocycles. The lowest BCUT2D eigenvalue weighted by Crippen LogP contribution is -2.20. The van der Waals surface area contributed by atoms with Crippen LogP contribution in [0.25, 0.3) is 21.6 Å². The predicted octanol–water partition coefficient (Wildman–Crippen LogP) is 4.26. The van der Waals surface area contributed by atoms with Crippen LogP contribution in [-0.2, 0) is 11.3 Å². The fraction of sp³-hybridized carbons (Fsp3) is 0.143. The number of benzene rings is 2. The van der Waals surface area contributed by atoms with Gasteiger partial charge in [0.25, 0.3) is 0 Å². The quantitative estimate of drug-likeness (QED) is 0.414. The van der Waals surface area contributed by atoms with E-state index < -0.39 is 0 Å². The predicted molar refractivity (Wildman–Crippen MR) is 120 cm³/mol. The molecule has 0 spiro atoms. The number of rotatable bonds is 6. The van der Waals surface area contributed by atoms with Gasteiger partial charge in [-0.15, -0.1) is 10.2 Å². The highest BCUT2D eigenvalue weighted by atomic mass is 79.9. The second kappa shape index (κ2) is 8.76. The van der Waals surface area contributed by atoms with Crippen molar-refractivity contribution in [1.82, 2.24) is 25.1 Å². The SMILES string of the molecule is COc1ccc(Br)cc1C=CC(=O)NCc1ccc(-c2nn3c(C)nnc3s2)cc1. The normalized spacial score (nSPS) is 11.3. The molecule has 1 amide bonds. The summed E-state index contributed by atoms with van der Waals surface area (Å²) in [6, 6.07) is 13.6. The number of nitrogens with one attached hydrogen (secondary N) is 1. The number of carbonyl (C=O) groups is 1. The summed E-state index contributed by atoms with van der Waals surface area (Å²) < 4.78 is 7.97. The fourth-order valence-electron chi connectivity index (χ4n) is 2.85. The number of ether oxygens (including phenoxy) is 1. The Morgan fingerprint density at radius 3 is 2.77 bits per heavy atom. The third kappa shape index (κ3) is 4.42. The van der Waals surface area contributed by atoms with Gasteiger partial charge in [0, 0.05) is 28.2 Å². The molecule has 30 heavy (non-hydrogen) atoms. The van der Waals surface area contributed by atoms with Crippen LogP contribution in [0, 0.1) is 6.92 Å². The summed E-state index contributed by atoms with van der Waals surface area (Å²) in [4.78, 5) is 13.0. The Bertz CT molecular complexity index is 1230. The van der Waals surface area contributed by atoms with E-state index in [-0.39, 0.29) is 5.91 Å². The number of methoxy groups -OCH3 is 1. The highest BCUT2D eigenvalue weighted by Crippen LogP contribution is 2.26. The molecular weight excluding hydrogens is 466 g/mol. The van der Waals surface area contributed by atoms with Gasteiger partial charge in [0.2, 0.25) is 10.9 Å². The third-order valence-corrected chi connectivity index (χ3v) is 5.86. The molecule has 0 bridgehead atoms. The second-order valence-corrected chi connectivity index (χ2v) is 8.35. The molecule has 7 nitrogen and oxygen atoms in total. The van der Waals surface area contributed by atoms with Crippen LogP contribution in [0.1, 0.15) is 17.0 Å². The molecule has 152 valence electrons. The van der Waals surface area contributed by atoms with E-state index in [1.54, 1.807) is 17.7 Å². The highest BCUT2D eigenvalue weighted by Gasteiger charge is 2.10. The van der Waals surface area contributed by atoms with Crippen LogP contribution in [0.2, 0.25) is 0 Å². The number of hydrogen-bond donors (Lipinski definition) is 1. The van der Waals surface area contributed by atoms with Crippen LogP contribution in [-0.4, -0.2) is 32.8 Å². The summed E-state index contributed by atoms with van der Waals surface area (Å²) in [6.45, 7) is 2.31. The zero-order valence-electron chi connectivity index (χ0n) is 16.3. The van der Waals surface area contributed by atoms with Crippen LogP contribution in [0.3, 0.4) is 0 Å². The number of carbonyl (C=O) groups excluding carboxylic acids is 1. The lowest BCUT2D eigenvalue weighted by Gasteiger charge is -2.06. The van der Waals surface area contributed by atoms with E-state index in [0.29, 0.717) is 12.3 Å².